The number of para-hydroxylation sites is 1. The van der Waals surface area contributed by atoms with Gasteiger partial charge in [-0.25, -0.2) is 0 Å². The normalized spacial score (nSPS) is 12.9. The van der Waals surface area contributed by atoms with Crippen LogP contribution in [0.25, 0.3) is 23.1 Å². The monoisotopic (exact) mass is 321 g/mol. The van der Waals surface area contributed by atoms with Gasteiger partial charge < -0.3 is 9.26 Å². The van der Waals surface area contributed by atoms with Crippen LogP contribution in [0.4, 0.5) is 5.69 Å². The van der Waals surface area contributed by atoms with Crippen LogP contribution in [-0.4, -0.2) is 21.7 Å². The molecule has 0 N–H and O–H groups in total. The molecule has 0 aliphatic carbocycles. The van der Waals surface area contributed by atoms with Crippen molar-refractivity contribution in [2.24, 2.45) is 0 Å². The number of hydrogen-bond donors (Lipinski definition) is 0. The average Bonchev–Trinajstić information content (AvgIpc) is 3.11. The summed E-state index contributed by atoms with van der Waals surface area (Å²) in [5.74, 6) is 1.45. The van der Waals surface area contributed by atoms with Crippen molar-refractivity contribution in [3.05, 3.63) is 70.0 Å². The lowest BCUT2D eigenvalue weighted by atomic mass is 10.1. The molecule has 0 unspecified atom stereocenters. The Bertz CT molecular complexity index is 962. The standard InChI is InChI=1S/C17H11N3O4/c21-20(22)14-6-3-5-12(9-14)17-18-16(19-24-17)13-8-11-4-1-2-7-15(11)23-10-13/h1-9H,10H2. The van der Waals surface area contributed by atoms with E-state index in [1.54, 1.807) is 12.1 Å². The van der Waals surface area contributed by atoms with Gasteiger partial charge in [-0.15, -0.1) is 0 Å². The molecule has 1 aliphatic rings. The molecule has 1 aliphatic heterocycles. The van der Waals surface area contributed by atoms with Crippen molar-refractivity contribution in [2.75, 3.05) is 6.61 Å². The first kappa shape index (κ1) is 14.1. The minimum atomic E-state index is -0.463. The molecule has 7 heteroatoms. The van der Waals surface area contributed by atoms with Gasteiger partial charge in [-0.1, -0.05) is 29.4 Å². The van der Waals surface area contributed by atoms with E-state index in [0.717, 1.165) is 16.9 Å². The van der Waals surface area contributed by atoms with E-state index >= 15 is 0 Å². The van der Waals surface area contributed by atoms with Crippen molar-refractivity contribution in [3.63, 3.8) is 0 Å². The van der Waals surface area contributed by atoms with E-state index in [1.807, 2.05) is 30.3 Å². The maximum absolute atomic E-state index is 10.9. The SMILES string of the molecule is O=[N+]([O-])c1cccc(-c2nc(C3=Cc4ccccc4OC3)no2)c1. The molecule has 1 aromatic heterocycles. The van der Waals surface area contributed by atoms with Gasteiger partial charge in [0.1, 0.15) is 12.4 Å². The van der Waals surface area contributed by atoms with Crippen LogP contribution in [0.2, 0.25) is 0 Å². The van der Waals surface area contributed by atoms with Crippen LogP contribution in [-0.2, 0) is 0 Å². The maximum atomic E-state index is 10.9. The summed E-state index contributed by atoms with van der Waals surface area (Å²) in [6.07, 6.45) is 1.95. The molecule has 24 heavy (non-hydrogen) atoms. The number of nitro benzene ring substituents is 1. The molecule has 2 heterocycles. The van der Waals surface area contributed by atoms with Gasteiger partial charge in [0.15, 0.2) is 0 Å². The molecule has 0 bridgehead atoms. The molecule has 0 saturated carbocycles. The Hall–Kier alpha value is -3.48. The zero-order valence-electron chi connectivity index (χ0n) is 12.4. The second kappa shape index (κ2) is 5.62. The van der Waals surface area contributed by atoms with Crippen molar-refractivity contribution in [1.82, 2.24) is 10.1 Å². The second-order valence-corrected chi connectivity index (χ2v) is 5.23. The maximum Gasteiger partial charge on any atom is 0.270 e. The van der Waals surface area contributed by atoms with Crippen molar-refractivity contribution in [2.45, 2.75) is 0 Å². The Balaban J connectivity index is 1.68. The van der Waals surface area contributed by atoms with Gasteiger partial charge in [0.05, 0.1) is 4.92 Å². The van der Waals surface area contributed by atoms with Crippen molar-refractivity contribution in [1.29, 1.82) is 0 Å². The summed E-state index contributed by atoms with van der Waals surface area (Å²) in [7, 11) is 0. The third-order valence-electron chi connectivity index (χ3n) is 3.65. The highest BCUT2D eigenvalue weighted by Gasteiger charge is 2.18. The molecule has 4 rings (SSSR count). The number of aromatic nitrogens is 2. The quantitative estimate of drug-likeness (QED) is 0.541. The van der Waals surface area contributed by atoms with Gasteiger partial charge in [-0.2, -0.15) is 4.98 Å². The fourth-order valence-corrected chi connectivity index (χ4v) is 2.47. The van der Waals surface area contributed by atoms with E-state index in [0.29, 0.717) is 18.0 Å². The highest BCUT2D eigenvalue weighted by Crippen LogP contribution is 2.30. The lowest BCUT2D eigenvalue weighted by molar-refractivity contribution is -0.384. The smallest absolute Gasteiger partial charge is 0.270 e. The molecule has 3 aromatic rings. The van der Waals surface area contributed by atoms with E-state index in [1.165, 1.54) is 12.1 Å². The number of ether oxygens (including phenoxy) is 1. The number of fused-ring (bicyclic) bond motifs is 1. The van der Waals surface area contributed by atoms with Crippen LogP contribution in [0.3, 0.4) is 0 Å². The summed E-state index contributed by atoms with van der Waals surface area (Å²) in [4.78, 5) is 14.7. The molecule has 0 spiro atoms. The van der Waals surface area contributed by atoms with Crippen LogP contribution in [0, 0.1) is 10.1 Å². The van der Waals surface area contributed by atoms with Crippen LogP contribution >= 0.6 is 0 Å². The summed E-state index contributed by atoms with van der Waals surface area (Å²) in [5.41, 5.74) is 2.21. The topological polar surface area (TPSA) is 91.3 Å². The minimum absolute atomic E-state index is 0.0265. The molecular formula is C17H11N3O4. The predicted octanol–water partition coefficient (Wildman–Crippen LogP) is 3.58. The highest BCUT2D eigenvalue weighted by atomic mass is 16.6. The lowest BCUT2D eigenvalue weighted by Crippen LogP contribution is -2.07. The number of hydrogen-bond acceptors (Lipinski definition) is 6. The number of nitrogens with zero attached hydrogens (tertiary/aromatic N) is 3. The molecular weight excluding hydrogens is 310 g/mol. The molecule has 7 nitrogen and oxygen atoms in total. The predicted molar refractivity (Wildman–Crippen MR) is 86.2 cm³/mol. The van der Waals surface area contributed by atoms with E-state index < -0.39 is 4.92 Å². The summed E-state index contributed by atoms with van der Waals surface area (Å²) in [5, 5.41) is 14.8. The molecule has 0 fully saturated rings. The molecule has 0 atom stereocenters. The summed E-state index contributed by atoms with van der Waals surface area (Å²) in [6, 6.07) is 13.7. The van der Waals surface area contributed by atoms with E-state index in [9.17, 15) is 10.1 Å². The van der Waals surface area contributed by atoms with Gasteiger partial charge in [0.25, 0.3) is 11.6 Å². The van der Waals surface area contributed by atoms with Gasteiger partial charge in [0, 0.05) is 28.8 Å². The first-order valence-electron chi connectivity index (χ1n) is 7.22. The van der Waals surface area contributed by atoms with Crippen molar-refractivity contribution in [3.8, 4) is 17.2 Å². The van der Waals surface area contributed by atoms with Crippen LogP contribution in [0.5, 0.6) is 5.75 Å². The lowest BCUT2D eigenvalue weighted by Gasteiger charge is -2.15. The molecule has 0 amide bonds. The second-order valence-electron chi connectivity index (χ2n) is 5.23. The Kier molecular flexibility index (Phi) is 3.31. The third kappa shape index (κ3) is 2.52. The fourth-order valence-electron chi connectivity index (χ4n) is 2.47. The van der Waals surface area contributed by atoms with Gasteiger partial charge >= 0.3 is 0 Å². The average molecular weight is 321 g/mol. The van der Waals surface area contributed by atoms with E-state index in [2.05, 4.69) is 10.1 Å². The van der Waals surface area contributed by atoms with Gasteiger partial charge in [-0.3, -0.25) is 10.1 Å². The molecule has 118 valence electrons. The van der Waals surface area contributed by atoms with Gasteiger partial charge in [0.2, 0.25) is 5.82 Å². The Morgan fingerprint density at radius 3 is 2.88 bits per heavy atom. The number of benzene rings is 2. The Morgan fingerprint density at radius 2 is 2.00 bits per heavy atom. The largest absolute Gasteiger partial charge is 0.488 e. The molecule has 2 aromatic carbocycles. The third-order valence-corrected chi connectivity index (χ3v) is 3.65. The molecule has 0 radical (unpaired) electrons. The zero-order chi connectivity index (χ0) is 16.5. The Labute approximate surface area is 136 Å². The van der Waals surface area contributed by atoms with Crippen LogP contribution in [0.15, 0.2) is 53.1 Å². The first-order valence-corrected chi connectivity index (χ1v) is 7.22. The van der Waals surface area contributed by atoms with Crippen molar-refractivity contribution >= 4 is 17.3 Å². The van der Waals surface area contributed by atoms with Crippen molar-refractivity contribution < 1.29 is 14.2 Å². The summed E-state index contributed by atoms with van der Waals surface area (Å²) < 4.78 is 10.9. The number of nitro groups is 1. The van der Waals surface area contributed by atoms with Crippen LogP contribution < -0.4 is 4.74 Å². The highest BCUT2D eigenvalue weighted by molar-refractivity contribution is 5.83. The number of non-ortho nitro benzene ring substituents is 1. The number of rotatable bonds is 3. The van der Waals surface area contributed by atoms with E-state index in [4.69, 9.17) is 9.26 Å². The van der Waals surface area contributed by atoms with Crippen LogP contribution in [0.1, 0.15) is 11.4 Å². The molecule has 0 saturated heterocycles. The van der Waals surface area contributed by atoms with E-state index in [-0.39, 0.29) is 11.6 Å². The fraction of sp³-hybridized carbons (Fsp3) is 0.0588. The summed E-state index contributed by atoms with van der Waals surface area (Å²) >= 11 is 0. The Morgan fingerprint density at radius 1 is 1.12 bits per heavy atom. The zero-order valence-corrected chi connectivity index (χ0v) is 12.4. The minimum Gasteiger partial charge on any atom is -0.488 e. The first-order chi connectivity index (χ1) is 11.7. The summed E-state index contributed by atoms with van der Waals surface area (Å²) in [6.45, 7) is 0.338. The van der Waals surface area contributed by atoms with Gasteiger partial charge in [-0.05, 0) is 18.2 Å².